The first kappa shape index (κ1) is 15.7. The van der Waals surface area contributed by atoms with Gasteiger partial charge in [0.1, 0.15) is 0 Å². The van der Waals surface area contributed by atoms with Crippen LogP contribution in [0.25, 0.3) is 0 Å². The number of carbonyl (C=O) groups excluding carboxylic acids is 1. The molecule has 1 amide bonds. The zero-order chi connectivity index (χ0) is 15.1. The van der Waals surface area contributed by atoms with Crippen molar-refractivity contribution in [2.45, 2.75) is 18.3 Å². The van der Waals surface area contributed by atoms with E-state index in [2.05, 4.69) is 11.9 Å². The Kier molecular flexibility index (Phi) is 5.53. The van der Waals surface area contributed by atoms with Gasteiger partial charge in [-0.25, -0.2) is 0 Å². The Labute approximate surface area is 126 Å². The Morgan fingerprint density at radius 2 is 2.00 bits per heavy atom. The van der Waals surface area contributed by atoms with Crippen LogP contribution in [-0.2, 0) is 10.2 Å². The Hall–Kier alpha value is -1.65. The fraction of sp³-hybridized carbons (Fsp3) is 0.471. The fourth-order valence-electron chi connectivity index (χ4n) is 3.09. The zero-order valence-electron chi connectivity index (χ0n) is 12.4. The van der Waals surface area contributed by atoms with Crippen LogP contribution in [0.1, 0.15) is 18.4 Å². The largest absolute Gasteiger partial charge is 0.395 e. The monoisotopic (exact) mass is 288 g/mol. The third-order valence-corrected chi connectivity index (χ3v) is 4.20. The van der Waals surface area contributed by atoms with Crippen molar-refractivity contribution in [3.05, 3.63) is 48.6 Å². The summed E-state index contributed by atoms with van der Waals surface area (Å²) in [6.07, 6.45) is 3.29. The minimum absolute atomic E-state index is 0.0251. The summed E-state index contributed by atoms with van der Waals surface area (Å²) in [4.78, 5) is 14.9. The molecule has 1 aromatic carbocycles. The number of hydrogen-bond donors (Lipinski definition) is 2. The van der Waals surface area contributed by atoms with Crippen LogP contribution in [0.4, 0.5) is 0 Å². The highest BCUT2D eigenvalue weighted by atomic mass is 16.3. The Bertz CT molecular complexity index is 467. The maximum atomic E-state index is 13.1. The number of nitrogens with one attached hydrogen (secondary N) is 1. The number of benzene rings is 1. The van der Waals surface area contributed by atoms with Crippen LogP contribution in [0.15, 0.2) is 43.0 Å². The summed E-state index contributed by atoms with van der Waals surface area (Å²) in [5.41, 5.74) is 0.591. The van der Waals surface area contributed by atoms with Crippen LogP contribution in [0, 0.1) is 0 Å². The van der Waals surface area contributed by atoms with Crippen LogP contribution in [0.5, 0.6) is 0 Å². The number of hydrogen-bond acceptors (Lipinski definition) is 3. The maximum Gasteiger partial charge on any atom is 0.233 e. The summed E-state index contributed by atoms with van der Waals surface area (Å²) in [5.74, 6) is 0.101. The minimum Gasteiger partial charge on any atom is -0.395 e. The average molecular weight is 288 g/mol. The number of amides is 1. The van der Waals surface area contributed by atoms with Gasteiger partial charge < -0.3 is 15.3 Å². The second-order valence-corrected chi connectivity index (χ2v) is 5.46. The molecule has 2 N–H and O–H groups in total. The van der Waals surface area contributed by atoms with Crippen molar-refractivity contribution in [3.63, 3.8) is 0 Å². The van der Waals surface area contributed by atoms with E-state index in [4.69, 9.17) is 0 Å². The molecule has 0 radical (unpaired) electrons. The predicted molar refractivity (Wildman–Crippen MR) is 84.1 cm³/mol. The van der Waals surface area contributed by atoms with E-state index in [1.54, 1.807) is 11.0 Å². The standard InChI is InChI=1S/C17H24N2O2/c1-2-12-19(13-14-20)16(21)17(8-10-18-11-9-17)15-6-4-3-5-7-15/h2-7,18,20H,1,8-14H2. The van der Waals surface area contributed by atoms with Gasteiger partial charge in [-0.15, -0.1) is 6.58 Å². The van der Waals surface area contributed by atoms with E-state index < -0.39 is 5.41 Å². The normalized spacial score (nSPS) is 17.2. The molecule has 1 saturated heterocycles. The highest BCUT2D eigenvalue weighted by molar-refractivity contribution is 5.88. The molecule has 4 nitrogen and oxygen atoms in total. The number of carbonyl (C=O) groups is 1. The van der Waals surface area contributed by atoms with E-state index in [0.29, 0.717) is 13.1 Å². The minimum atomic E-state index is -0.481. The van der Waals surface area contributed by atoms with Gasteiger partial charge in [-0.05, 0) is 31.5 Å². The van der Waals surface area contributed by atoms with Crippen molar-refractivity contribution < 1.29 is 9.90 Å². The van der Waals surface area contributed by atoms with Gasteiger partial charge in [-0.1, -0.05) is 36.4 Å². The summed E-state index contributed by atoms with van der Waals surface area (Å²) in [6.45, 7) is 6.19. The van der Waals surface area contributed by atoms with Gasteiger partial charge in [-0.3, -0.25) is 4.79 Å². The molecule has 1 heterocycles. The van der Waals surface area contributed by atoms with E-state index in [0.717, 1.165) is 31.5 Å². The maximum absolute atomic E-state index is 13.1. The molecule has 1 fully saturated rings. The smallest absolute Gasteiger partial charge is 0.233 e. The zero-order valence-corrected chi connectivity index (χ0v) is 12.4. The molecule has 0 aromatic heterocycles. The summed E-state index contributed by atoms with van der Waals surface area (Å²) < 4.78 is 0. The molecule has 2 rings (SSSR count). The van der Waals surface area contributed by atoms with Crippen molar-refractivity contribution >= 4 is 5.91 Å². The third-order valence-electron chi connectivity index (χ3n) is 4.20. The topological polar surface area (TPSA) is 52.6 Å². The van der Waals surface area contributed by atoms with Gasteiger partial charge in [0.2, 0.25) is 5.91 Å². The van der Waals surface area contributed by atoms with Gasteiger partial charge in [0.25, 0.3) is 0 Å². The first-order valence-corrected chi connectivity index (χ1v) is 7.52. The molecule has 0 unspecified atom stereocenters. The second kappa shape index (κ2) is 7.38. The highest BCUT2D eigenvalue weighted by Gasteiger charge is 2.43. The average Bonchev–Trinajstić information content (AvgIpc) is 2.55. The number of aliphatic hydroxyl groups excluding tert-OH is 1. The van der Waals surface area contributed by atoms with E-state index in [1.165, 1.54) is 0 Å². The molecule has 21 heavy (non-hydrogen) atoms. The van der Waals surface area contributed by atoms with E-state index in [1.807, 2.05) is 30.3 Å². The van der Waals surface area contributed by atoms with Crippen molar-refractivity contribution in [3.8, 4) is 0 Å². The molecule has 4 heteroatoms. The first-order valence-electron chi connectivity index (χ1n) is 7.52. The second-order valence-electron chi connectivity index (χ2n) is 5.46. The molecule has 1 aliphatic heterocycles. The highest BCUT2D eigenvalue weighted by Crippen LogP contribution is 2.35. The number of rotatable bonds is 6. The van der Waals surface area contributed by atoms with Crippen LogP contribution in [0.2, 0.25) is 0 Å². The SMILES string of the molecule is C=CCN(CCO)C(=O)C1(c2ccccc2)CCNCC1. The Morgan fingerprint density at radius 3 is 2.57 bits per heavy atom. The molecule has 0 atom stereocenters. The van der Waals surface area contributed by atoms with E-state index in [9.17, 15) is 9.90 Å². The molecule has 0 bridgehead atoms. The molecule has 1 aromatic rings. The lowest BCUT2D eigenvalue weighted by Crippen LogP contribution is -2.52. The van der Waals surface area contributed by atoms with E-state index in [-0.39, 0.29) is 12.5 Å². The van der Waals surface area contributed by atoms with Gasteiger partial charge in [0.15, 0.2) is 0 Å². The quantitative estimate of drug-likeness (QED) is 0.776. The Balaban J connectivity index is 2.35. The van der Waals surface area contributed by atoms with Crippen LogP contribution in [0.3, 0.4) is 0 Å². The van der Waals surface area contributed by atoms with Crippen molar-refractivity contribution in [1.29, 1.82) is 0 Å². The van der Waals surface area contributed by atoms with Crippen LogP contribution < -0.4 is 5.32 Å². The molecule has 1 aliphatic rings. The summed E-state index contributed by atoms with van der Waals surface area (Å²) in [7, 11) is 0. The lowest BCUT2D eigenvalue weighted by molar-refractivity contribution is -0.138. The number of aliphatic hydroxyl groups is 1. The van der Waals surface area contributed by atoms with Crippen molar-refractivity contribution in [2.24, 2.45) is 0 Å². The summed E-state index contributed by atoms with van der Waals surface area (Å²) in [5, 5.41) is 12.6. The predicted octanol–water partition coefficient (Wildman–Crippen LogP) is 1.31. The third kappa shape index (κ3) is 3.34. The summed E-state index contributed by atoms with van der Waals surface area (Å²) >= 11 is 0. The van der Waals surface area contributed by atoms with Crippen LogP contribution in [-0.4, -0.2) is 48.7 Å². The first-order chi connectivity index (χ1) is 10.2. The molecule has 0 spiro atoms. The van der Waals surface area contributed by atoms with Crippen molar-refractivity contribution in [2.75, 3.05) is 32.8 Å². The fourth-order valence-corrected chi connectivity index (χ4v) is 3.09. The number of nitrogens with zero attached hydrogens (tertiary/aromatic N) is 1. The van der Waals surface area contributed by atoms with Gasteiger partial charge >= 0.3 is 0 Å². The van der Waals surface area contributed by atoms with Crippen LogP contribution >= 0.6 is 0 Å². The lowest BCUT2D eigenvalue weighted by atomic mass is 9.72. The van der Waals surface area contributed by atoms with E-state index >= 15 is 0 Å². The van der Waals surface area contributed by atoms with Gasteiger partial charge in [0, 0.05) is 13.1 Å². The van der Waals surface area contributed by atoms with Gasteiger partial charge in [-0.2, -0.15) is 0 Å². The lowest BCUT2D eigenvalue weighted by Gasteiger charge is -2.40. The number of piperidine rings is 1. The van der Waals surface area contributed by atoms with Gasteiger partial charge in [0.05, 0.1) is 12.0 Å². The Morgan fingerprint density at radius 1 is 1.33 bits per heavy atom. The molecule has 0 saturated carbocycles. The molecular formula is C17H24N2O2. The van der Waals surface area contributed by atoms with Crippen molar-refractivity contribution in [1.82, 2.24) is 10.2 Å². The molecule has 114 valence electrons. The molecule has 0 aliphatic carbocycles. The molecular weight excluding hydrogens is 264 g/mol. The summed E-state index contributed by atoms with van der Waals surface area (Å²) in [6, 6.07) is 10.0.